The molecule has 0 saturated carbocycles. The fourth-order valence-electron chi connectivity index (χ4n) is 4.25. The Kier molecular flexibility index (Phi) is 27.3. The van der Waals surface area contributed by atoms with E-state index in [9.17, 15) is 14.2 Å². The van der Waals surface area contributed by atoms with Crippen LogP contribution in [0.15, 0.2) is 24.3 Å². The minimum absolute atomic E-state index is 0.230. The zero-order valence-electron chi connectivity index (χ0n) is 26.5. The second-order valence-corrected chi connectivity index (χ2v) is 12.7. The number of carbonyl (C=O) groups excluding carboxylic acids is 2. The van der Waals surface area contributed by atoms with Gasteiger partial charge in [0, 0.05) is 11.1 Å². The van der Waals surface area contributed by atoms with Gasteiger partial charge in [-0.2, -0.15) is 0 Å². The Balaban J connectivity index is 3.47. The lowest BCUT2D eigenvalue weighted by atomic mass is 10.1. The number of esters is 2. The molecule has 0 aromatic rings. The van der Waals surface area contributed by atoms with Crippen LogP contribution in [0.1, 0.15) is 142 Å². The fraction of sp³-hybridized carbons (Fsp3) is 0.812. The van der Waals surface area contributed by atoms with Gasteiger partial charge < -0.3 is 9.47 Å². The van der Waals surface area contributed by atoms with Crippen LogP contribution in [0.4, 0.5) is 0 Å². The highest BCUT2D eigenvalue weighted by Crippen LogP contribution is 2.48. The lowest BCUT2D eigenvalue weighted by molar-refractivity contribution is -0.166. The number of hydrogen-bond acceptors (Lipinski definition) is 9. The van der Waals surface area contributed by atoms with Crippen LogP contribution < -0.4 is 0 Å². The monoisotopic (exact) mass is 618 g/mol. The quantitative estimate of drug-likeness (QED) is 0.0202. The van der Waals surface area contributed by atoms with Gasteiger partial charge in [-0.3, -0.25) is 9.05 Å². The van der Waals surface area contributed by atoms with Crippen molar-refractivity contribution in [2.45, 2.75) is 142 Å². The number of phosphoric ester groups is 1. The Morgan fingerprint density at radius 2 is 0.738 bits per heavy atom. The van der Waals surface area contributed by atoms with Gasteiger partial charge in [0.2, 0.25) is 0 Å². The number of carbonyl (C=O) groups is 2. The maximum atomic E-state index is 12.3. The first-order chi connectivity index (χ1) is 20.2. The summed E-state index contributed by atoms with van der Waals surface area (Å²) in [5.74, 6) is -0.620. The summed E-state index contributed by atoms with van der Waals surface area (Å²) in [5.41, 5.74) is 0.883. The molecular weight excluding hydrogens is 559 g/mol. The van der Waals surface area contributed by atoms with Crippen LogP contribution >= 0.6 is 7.82 Å². The smallest absolute Gasteiger partial charge is 0.462 e. The molecule has 0 spiro atoms. The summed E-state index contributed by atoms with van der Waals surface area (Å²) in [6.07, 6.45) is 21.2. The first kappa shape index (κ1) is 40.5. The van der Waals surface area contributed by atoms with Crippen molar-refractivity contribution < 1.29 is 42.6 Å². The molecule has 0 amide bonds. The highest BCUT2D eigenvalue weighted by Gasteiger charge is 2.26. The highest BCUT2D eigenvalue weighted by molar-refractivity contribution is 7.48. The molecule has 0 bridgehead atoms. The van der Waals surface area contributed by atoms with E-state index in [1.54, 1.807) is 13.8 Å². The Morgan fingerprint density at radius 3 is 0.976 bits per heavy atom. The number of unbranched alkanes of at least 4 members (excludes halogenated alkanes) is 18. The van der Waals surface area contributed by atoms with E-state index in [4.69, 9.17) is 23.8 Å². The van der Waals surface area contributed by atoms with E-state index in [0.29, 0.717) is 24.4 Å². The standard InChI is InChI=1S/C32H59O9P/c1-29(2)31(33)37-25-21-17-13-9-5-7-11-15-19-23-27-39-42(36,41-35)40-28-24-20-16-12-8-6-10-14-18-22-26-38-32(34)30(3)4/h35H,1,3,5-28H2,2,4H3. The molecule has 0 aliphatic carbocycles. The van der Waals surface area contributed by atoms with Crippen molar-refractivity contribution in [2.24, 2.45) is 0 Å². The van der Waals surface area contributed by atoms with Gasteiger partial charge in [0.1, 0.15) is 0 Å². The van der Waals surface area contributed by atoms with Gasteiger partial charge in [0.25, 0.3) is 0 Å². The molecule has 42 heavy (non-hydrogen) atoms. The number of rotatable bonds is 31. The molecule has 0 radical (unpaired) electrons. The predicted octanol–water partition coefficient (Wildman–Crippen LogP) is 9.66. The summed E-state index contributed by atoms with van der Waals surface area (Å²) in [6.45, 7) is 11.8. The van der Waals surface area contributed by atoms with E-state index in [0.717, 1.165) is 89.9 Å². The van der Waals surface area contributed by atoms with Crippen molar-refractivity contribution in [3.8, 4) is 0 Å². The van der Waals surface area contributed by atoms with Crippen LogP contribution in [0.2, 0.25) is 0 Å². The zero-order chi connectivity index (χ0) is 31.3. The predicted molar refractivity (Wildman–Crippen MR) is 167 cm³/mol. The maximum Gasteiger partial charge on any atom is 0.501 e. The number of hydrogen-bond donors (Lipinski definition) is 1. The molecule has 0 rings (SSSR count). The summed E-state index contributed by atoms with van der Waals surface area (Å²) in [4.78, 5) is 22.6. The molecule has 0 aliphatic heterocycles. The molecule has 0 fully saturated rings. The number of ether oxygens (including phenoxy) is 2. The molecule has 0 unspecified atom stereocenters. The van der Waals surface area contributed by atoms with Crippen molar-refractivity contribution >= 4 is 19.8 Å². The second kappa shape index (κ2) is 28.3. The first-order valence-corrected chi connectivity index (χ1v) is 17.6. The molecule has 9 nitrogen and oxygen atoms in total. The van der Waals surface area contributed by atoms with Gasteiger partial charge >= 0.3 is 19.8 Å². The number of phosphoric acid groups is 1. The van der Waals surface area contributed by atoms with Gasteiger partial charge in [0.15, 0.2) is 0 Å². The van der Waals surface area contributed by atoms with E-state index in [2.05, 4.69) is 17.8 Å². The van der Waals surface area contributed by atoms with E-state index in [-0.39, 0.29) is 25.2 Å². The van der Waals surface area contributed by atoms with Crippen LogP contribution in [0.3, 0.4) is 0 Å². The molecule has 0 aromatic heterocycles. The van der Waals surface area contributed by atoms with E-state index >= 15 is 0 Å². The lowest BCUT2D eigenvalue weighted by Crippen LogP contribution is -2.05. The van der Waals surface area contributed by atoms with Gasteiger partial charge in [-0.05, 0) is 39.5 Å². The van der Waals surface area contributed by atoms with Gasteiger partial charge in [-0.15, -0.1) is 4.67 Å². The Morgan fingerprint density at radius 1 is 0.500 bits per heavy atom. The van der Waals surface area contributed by atoms with Crippen LogP contribution in [0.5, 0.6) is 0 Å². The van der Waals surface area contributed by atoms with Crippen LogP contribution in [-0.4, -0.2) is 43.6 Å². The average molecular weight is 619 g/mol. The molecule has 1 N–H and O–H groups in total. The largest absolute Gasteiger partial charge is 0.501 e. The normalized spacial score (nSPS) is 11.4. The topological polar surface area (TPSA) is 118 Å². The molecule has 0 aromatic carbocycles. The van der Waals surface area contributed by atoms with E-state index < -0.39 is 7.82 Å². The molecular formula is C32H59O9P. The summed E-state index contributed by atoms with van der Waals surface area (Å²) in [7, 11) is -3.89. The van der Waals surface area contributed by atoms with Crippen LogP contribution in [0.25, 0.3) is 0 Å². The Bertz CT molecular complexity index is 711. The third-order valence-electron chi connectivity index (χ3n) is 6.84. The van der Waals surface area contributed by atoms with E-state index in [1.807, 2.05) is 0 Å². The third-order valence-corrected chi connectivity index (χ3v) is 8.04. The third kappa shape index (κ3) is 26.1. The molecule has 246 valence electrons. The molecule has 10 heteroatoms. The molecule has 0 atom stereocenters. The maximum absolute atomic E-state index is 12.3. The first-order valence-electron chi connectivity index (χ1n) is 16.1. The van der Waals surface area contributed by atoms with Crippen molar-refractivity contribution in [1.82, 2.24) is 0 Å². The van der Waals surface area contributed by atoms with Crippen molar-refractivity contribution in [1.29, 1.82) is 0 Å². The molecule has 0 saturated heterocycles. The lowest BCUT2D eigenvalue weighted by Gasteiger charge is -2.14. The Hall–Kier alpha value is -1.51. The van der Waals surface area contributed by atoms with Crippen LogP contribution in [-0.2, 0) is 37.3 Å². The average Bonchev–Trinajstić information content (AvgIpc) is 2.97. The molecule has 0 aliphatic rings. The summed E-state index contributed by atoms with van der Waals surface area (Å²) in [5, 5.41) is 9.00. The minimum atomic E-state index is -3.89. The van der Waals surface area contributed by atoms with Crippen LogP contribution in [0, 0.1) is 0 Å². The second-order valence-electron chi connectivity index (χ2n) is 11.1. The summed E-state index contributed by atoms with van der Waals surface area (Å²) >= 11 is 0. The van der Waals surface area contributed by atoms with Crippen molar-refractivity contribution in [2.75, 3.05) is 26.4 Å². The summed E-state index contributed by atoms with van der Waals surface area (Å²) < 4.78 is 37.0. The van der Waals surface area contributed by atoms with Crippen molar-refractivity contribution in [3.63, 3.8) is 0 Å². The SMILES string of the molecule is C=C(C)C(=O)OCCCCCCCCCCCCOP(=O)(OO)OCCCCCCCCCCCCOC(=O)C(=C)C. The zero-order valence-corrected chi connectivity index (χ0v) is 27.4. The summed E-state index contributed by atoms with van der Waals surface area (Å²) in [6, 6.07) is 0. The van der Waals surface area contributed by atoms with E-state index in [1.165, 1.54) is 38.5 Å². The van der Waals surface area contributed by atoms with Gasteiger partial charge in [-0.1, -0.05) is 116 Å². The Labute approximate surface area is 255 Å². The van der Waals surface area contributed by atoms with Crippen molar-refractivity contribution in [3.05, 3.63) is 24.3 Å². The fourth-order valence-corrected chi connectivity index (χ4v) is 5.12. The highest BCUT2D eigenvalue weighted by atomic mass is 31.2. The minimum Gasteiger partial charge on any atom is -0.462 e. The molecule has 0 heterocycles. The van der Waals surface area contributed by atoms with Gasteiger partial charge in [-0.25, -0.2) is 19.4 Å². The van der Waals surface area contributed by atoms with Gasteiger partial charge in [0.05, 0.1) is 26.4 Å².